The van der Waals surface area contributed by atoms with Crippen LogP contribution in [0.3, 0.4) is 0 Å². The molecule has 0 unspecified atom stereocenters. The third kappa shape index (κ3) is 2.58. The molecular formula is C18H20N2O2S. The largest absolute Gasteiger partial charge is 0.481 e. The highest BCUT2D eigenvalue weighted by Gasteiger charge is 2.47. The van der Waals surface area contributed by atoms with Crippen LogP contribution >= 0.6 is 11.3 Å². The molecule has 2 aliphatic rings. The number of fused-ring (bicyclic) bond motifs is 1. The Labute approximate surface area is 139 Å². The molecule has 4 rings (SSSR count). The maximum atomic E-state index is 11.6. The van der Waals surface area contributed by atoms with Gasteiger partial charge in [0, 0.05) is 30.7 Å². The van der Waals surface area contributed by atoms with Crippen LogP contribution in [0.1, 0.15) is 30.6 Å². The first-order valence-corrected chi connectivity index (χ1v) is 8.98. The van der Waals surface area contributed by atoms with Crippen molar-refractivity contribution in [3.05, 3.63) is 40.9 Å². The zero-order chi connectivity index (χ0) is 15.9. The van der Waals surface area contributed by atoms with Crippen LogP contribution in [0.4, 0.5) is 0 Å². The van der Waals surface area contributed by atoms with Gasteiger partial charge in [0.15, 0.2) is 0 Å². The van der Waals surface area contributed by atoms with Crippen molar-refractivity contribution in [3.8, 4) is 0 Å². The molecule has 5 heteroatoms. The van der Waals surface area contributed by atoms with Crippen molar-refractivity contribution in [2.24, 2.45) is 5.41 Å². The lowest BCUT2D eigenvalue weighted by molar-refractivity contribution is -0.151. The lowest BCUT2D eigenvalue weighted by Crippen LogP contribution is -2.42. The fourth-order valence-electron chi connectivity index (χ4n) is 3.71. The fourth-order valence-corrected chi connectivity index (χ4v) is 4.77. The summed E-state index contributed by atoms with van der Waals surface area (Å²) in [6.07, 6.45) is 7.56. The quantitative estimate of drug-likeness (QED) is 0.870. The molecule has 0 aromatic carbocycles. The second kappa shape index (κ2) is 5.73. The van der Waals surface area contributed by atoms with E-state index in [1.54, 1.807) is 11.3 Å². The molecule has 120 valence electrons. The molecule has 0 atom stereocenters. The summed E-state index contributed by atoms with van der Waals surface area (Å²) in [6, 6.07) is 6.25. The van der Waals surface area contributed by atoms with E-state index in [1.165, 1.54) is 9.58 Å². The first kappa shape index (κ1) is 14.8. The number of hydrogen-bond acceptors (Lipinski definition) is 4. The van der Waals surface area contributed by atoms with Gasteiger partial charge in [-0.2, -0.15) is 0 Å². The number of thiophene rings is 1. The predicted molar refractivity (Wildman–Crippen MR) is 91.5 cm³/mol. The number of carbonyl (C=O) groups is 1. The van der Waals surface area contributed by atoms with Crippen LogP contribution in [0, 0.1) is 5.41 Å². The fraction of sp³-hybridized carbons (Fsp3) is 0.444. The van der Waals surface area contributed by atoms with Gasteiger partial charge in [0.1, 0.15) is 0 Å². The van der Waals surface area contributed by atoms with Crippen molar-refractivity contribution in [2.75, 3.05) is 13.1 Å². The molecule has 0 radical (unpaired) electrons. The van der Waals surface area contributed by atoms with E-state index in [4.69, 9.17) is 0 Å². The van der Waals surface area contributed by atoms with Crippen LogP contribution in [-0.4, -0.2) is 34.0 Å². The third-order valence-electron chi connectivity index (χ3n) is 5.24. The molecule has 1 fully saturated rings. The van der Waals surface area contributed by atoms with E-state index in [0.717, 1.165) is 56.4 Å². The molecule has 3 heterocycles. The summed E-state index contributed by atoms with van der Waals surface area (Å²) >= 11 is 1.80. The summed E-state index contributed by atoms with van der Waals surface area (Å²) in [5.41, 5.74) is 1.69. The Morgan fingerprint density at radius 2 is 2.30 bits per heavy atom. The molecule has 2 aromatic heterocycles. The van der Waals surface area contributed by atoms with E-state index >= 15 is 0 Å². The number of rotatable bonds is 4. The second-order valence-corrected chi connectivity index (χ2v) is 7.72. The van der Waals surface area contributed by atoms with Crippen molar-refractivity contribution in [3.63, 3.8) is 0 Å². The topological polar surface area (TPSA) is 53.4 Å². The molecular weight excluding hydrogens is 308 g/mol. The predicted octanol–water partition coefficient (Wildman–Crippen LogP) is 3.68. The summed E-state index contributed by atoms with van der Waals surface area (Å²) in [7, 11) is 0. The summed E-state index contributed by atoms with van der Waals surface area (Å²) < 4.78 is 1.23. The molecule has 1 saturated carbocycles. The third-order valence-corrected chi connectivity index (χ3v) is 6.32. The summed E-state index contributed by atoms with van der Waals surface area (Å²) in [6.45, 7) is 2.72. The van der Waals surface area contributed by atoms with Gasteiger partial charge in [-0.25, -0.2) is 0 Å². The average molecular weight is 328 g/mol. The van der Waals surface area contributed by atoms with Gasteiger partial charge in [0.05, 0.1) is 15.6 Å². The average Bonchev–Trinajstić information content (AvgIpc) is 2.89. The zero-order valence-electron chi connectivity index (χ0n) is 13.0. The van der Waals surface area contributed by atoms with Crippen molar-refractivity contribution in [2.45, 2.75) is 32.2 Å². The van der Waals surface area contributed by atoms with Gasteiger partial charge in [-0.05, 0) is 37.5 Å². The molecule has 23 heavy (non-hydrogen) atoms. The SMILES string of the molecule is O=C(O)C1(C2=CCN(Cc3cc4ncccc4s3)CC2)CCC1. The lowest BCUT2D eigenvalue weighted by atomic mass is 9.62. The van der Waals surface area contributed by atoms with E-state index in [0.29, 0.717) is 0 Å². The van der Waals surface area contributed by atoms with Crippen molar-refractivity contribution in [1.29, 1.82) is 0 Å². The summed E-state index contributed by atoms with van der Waals surface area (Å²) in [5, 5.41) is 9.56. The van der Waals surface area contributed by atoms with Crippen LogP contribution in [0.5, 0.6) is 0 Å². The van der Waals surface area contributed by atoms with E-state index < -0.39 is 11.4 Å². The number of aliphatic carboxylic acids is 1. The number of carboxylic acids is 1. The van der Waals surface area contributed by atoms with Gasteiger partial charge < -0.3 is 5.11 Å². The molecule has 1 N–H and O–H groups in total. The highest BCUT2D eigenvalue weighted by Crippen LogP contribution is 2.49. The van der Waals surface area contributed by atoms with Gasteiger partial charge in [-0.15, -0.1) is 11.3 Å². The Kier molecular flexibility index (Phi) is 3.70. The standard InChI is InChI=1S/C18H20N2O2S/c21-17(22)18(6-2-7-18)13-4-9-20(10-5-13)12-14-11-15-16(23-14)3-1-8-19-15/h1,3-4,8,11H,2,5-7,9-10,12H2,(H,21,22). The van der Waals surface area contributed by atoms with Crippen LogP contribution in [0.2, 0.25) is 0 Å². The van der Waals surface area contributed by atoms with Crippen LogP contribution in [0.25, 0.3) is 10.2 Å². The highest BCUT2D eigenvalue weighted by atomic mass is 32.1. The Morgan fingerprint density at radius 1 is 1.43 bits per heavy atom. The van der Waals surface area contributed by atoms with Crippen LogP contribution < -0.4 is 0 Å². The molecule has 0 bridgehead atoms. The minimum atomic E-state index is -0.626. The molecule has 1 aliphatic heterocycles. The Hall–Kier alpha value is -1.72. The summed E-state index contributed by atoms with van der Waals surface area (Å²) in [5.74, 6) is -0.626. The first-order chi connectivity index (χ1) is 11.2. The number of nitrogens with zero attached hydrogens (tertiary/aromatic N) is 2. The second-order valence-electron chi connectivity index (χ2n) is 6.55. The Balaban J connectivity index is 1.46. The van der Waals surface area contributed by atoms with Crippen LogP contribution in [-0.2, 0) is 11.3 Å². The Morgan fingerprint density at radius 3 is 2.91 bits per heavy atom. The number of carboxylic acid groups (broad SMARTS) is 1. The molecule has 0 saturated heterocycles. The first-order valence-electron chi connectivity index (χ1n) is 8.16. The van der Waals surface area contributed by atoms with Crippen LogP contribution in [0.15, 0.2) is 36.0 Å². The maximum Gasteiger partial charge on any atom is 0.313 e. The molecule has 0 amide bonds. The van der Waals surface area contributed by atoms with E-state index in [1.807, 2.05) is 12.3 Å². The van der Waals surface area contributed by atoms with Gasteiger partial charge in [-0.1, -0.05) is 18.1 Å². The van der Waals surface area contributed by atoms with Gasteiger partial charge in [0.25, 0.3) is 0 Å². The van der Waals surface area contributed by atoms with E-state index in [2.05, 4.69) is 28.1 Å². The van der Waals surface area contributed by atoms with Crippen molar-refractivity contribution >= 4 is 27.5 Å². The van der Waals surface area contributed by atoms with E-state index in [-0.39, 0.29) is 0 Å². The number of pyridine rings is 1. The van der Waals surface area contributed by atoms with Gasteiger partial charge in [-0.3, -0.25) is 14.7 Å². The smallest absolute Gasteiger partial charge is 0.313 e. The molecule has 1 aliphatic carbocycles. The maximum absolute atomic E-state index is 11.6. The minimum Gasteiger partial charge on any atom is -0.481 e. The summed E-state index contributed by atoms with van der Waals surface area (Å²) in [4.78, 5) is 19.7. The highest BCUT2D eigenvalue weighted by molar-refractivity contribution is 7.19. The molecule has 0 spiro atoms. The van der Waals surface area contributed by atoms with Crippen molar-refractivity contribution < 1.29 is 9.90 Å². The Bertz CT molecular complexity index is 743. The van der Waals surface area contributed by atoms with Gasteiger partial charge >= 0.3 is 5.97 Å². The normalized spacial score (nSPS) is 21.0. The minimum absolute atomic E-state index is 0.534. The lowest BCUT2D eigenvalue weighted by Gasteiger charge is -2.42. The zero-order valence-corrected chi connectivity index (χ0v) is 13.8. The van der Waals surface area contributed by atoms with Gasteiger partial charge in [0.2, 0.25) is 0 Å². The van der Waals surface area contributed by atoms with Crippen molar-refractivity contribution in [1.82, 2.24) is 9.88 Å². The molecule has 4 nitrogen and oxygen atoms in total. The number of hydrogen-bond donors (Lipinski definition) is 1. The number of aromatic nitrogens is 1. The molecule has 2 aromatic rings. The van der Waals surface area contributed by atoms with E-state index in [9.17, 15) is 9.90 Å². The monoisotopic (exact) mass is 328 g/mol.